The second-order valence-electron chi connectivity index (χ2n) is 5.89. The third kappa shape index (κ3) is 2.23. The zero-order valence-corrected chi connectivity index (χ0v) is 13.2. The van der Waals surface area contributed by atoms with E-state index in [2.05, 4.69) is 19.9 Å². The molecule has 0 radical (unpaired) electrons. The zero-order valence-electron chi connectivity index (χ0n) is 13.2. The van der Waals surface area contributed by atoms with Gasteiger partial charge in [0.05, 0.1) is 28.3 Å². The predicted molar refractivity (Wildman–Crippen MR) is 98.8 cm³/mol. The molecule has 0 amide bonds. The second kappa shape index (κ2) is 5.17. The molecule has 3 aromatic heterocycles. The van der Waals surface area contributed by atoms with Gasteiger partial charge in [0.1, 0.15) is 11.6 Å². The van der Waals surface area contributed by atoms with Gasteiger partial charge in [-0.25, -0.2) is 9.97 Å². The van der Waals surface area contributed by atoms with E-state index < -0.39 is 0 Å². The number of nitrogens with two attached hydrogens (primary N) is 1. The normalized spacial score (nSPS) is 11.4. The van der Waals surface area contributed by atoms with E-state index in [1.54, 1.807) is 12.4 Å². The summed E-state index contributed by atoms with van der Waals surface area (Å²) in [6.07, 6.45) is 3.51. The molecule has 0 aliphatic heterocycles. The van der Waals surface area contributed by atoms with E-state index in [4.69, 9.17) is 10.7 Å². The van der Waals surface area contributed by atoms with E-state index >= 15 is 0 Å². The van der Waals surface area contributed by atoms with Crippen LogP contribution in [0.3, 0.4) is 0 Å². The number of hydrogen-bond donors (Lipinski definition) is 3. The largest absolute Gasteiger partial charge is 0.399 e. The Kier molecular flexibility index (Phi) is 2.84. The van der Waals surface area contributed by atoms with Gasteiger partial charge in [0, 0.05) is 23.0 Å². The number of pyridine rings is 1. The zero-order chi connectivity index (χ0) is 16.8. The molecular formula is C19H14N6. The summed E-state index contributed by atoms with van der Waals surface area (Å²) in [7, 11) is 0. The summed E-state index contributed by atoms with van der Waals surface area (Å²) in [5.74, 6) is 1.58. The molecule has 2 aromatic carbocycles. The second-order valence-corrected chi connectivity index (χ2v) is 5.89. The van der Waals surface area contributed by atoms with Gasteiger partial charge >= 0.3 is 0 Å². The van der Waals surface area contributed by atoms with Crippen LogP contribution in [0.4, 0.5) is 5.69 Å². The average Bonchev–Trinajstić information content (AvgIpc) is 3.25. The van der Waals surface area contributed by atoms with E-state index in [-0.39, 0.29) is 0 Å². The number of H-pyrrole nitrogens is 2. The molecule has 0 spiro atoms. The van der Waals surface area contributed by atoms with Crippen LogP contribution in [0.5, 0.6) is 0 Å². The number of fused-ring (bicyclic) bond motifs is 2. The number of anilines is 1. The van der Waals surface area contributed by atoms with Crippen molar-refractivity contribution in [2.24, 2.45) is 0 Å². The van der Waals surface area contributed by atoms with Crippen LogP contribution in [0.15, 0.2) is 60.9 Å². The number of hydrogen-bond acceptors (Lipinski definition) is 4. The number of aromatic amines is 2. The van der Waals surface area contributed by atoms with E-state index in [0.29, 0.717) is 5.69 Å². The fraction of sp³-hybridized carbons (Fsp3) is 0. The van der Waals surface area contributed by atoms with E-state index in [1.807, 2.05) is 48.5 Å². The van der Waals surface area contributed by atoms with E-state index in [1.165, 1.54) is 0 Å². The van der Waals surface area contributed by atoms with Crippen molar-refractivity contribution in [1.82, 2.24) is 24.9 Å². The maximum absolute atomic E-state index is 5.87. The highest BCUT2D eigenvalue weighted by Gasteiger charge is 2.14. The van der Waals surface area contributed by atoms with Crippen molar-refractivity contribution < 1.29 is 0 Å². The number of aromatic nitrogens is 5. The molecule has 0 unspecified atom stereocenters. The molecular weight excluding hydrogens is 312 g/mol. The summed E-state index contributed by atoms with van der Waals surface area (Å²) in [6.45, 7) is 0. The van der Waals surface area contributed by atoms with Gasteiger partial charge in [-0.15, -0.1) is 0 Å². The molecule has 0 saturated carbocycles. The highest BCUT2D eigenvalue weighted by atomic mass is 14.9. The highest BCUT2D eigenvalue weighted by molar-refractivity contribution is 5.87. The summed E-state index contributed by atoms with van der Waals surface area (Å²) in [6, 6.07) is 15.6. The number of rotatable bonds is 2. The van der Waals surface area contributed by atoms with Gasteiger partial charge in [-0.05, 0) is 24.3 Å². The monoisotopic (exact) mass is 326 g/mol. The number of nitrogens with one attached hydrogen (secondary N) is 2. The first-order chi connectivity index (χ1) is 12.3. The molecule has 0 bridgehead atoms. The molecule has 0 aliphatic carbocycles. The number of nitrogens with zero attached hydrogens (tertiary/aromatic N) is 3. The van der Waals surface area contributed by atoms with Crippen molar-refractivity contribution in [2.75, 3.05) is 5.73 Å². The van der Waals surface area contributed by atoms with Gasteiger partial charge in [-0.2, -0.15) is 0 Å². The molecule has 6 nitrogen and oxygen atoms in total. The smallest absolute Gasteiger partial charge is 0.139 e. The minimum absolute atomic E-state index is 0.709. The van der Waals surface area contributed by atoms with Crippen molar-refractivity contribution >= 4 is 27.8 Å². The van der Waals surface area contributed by atoms with Gasteiger partial charge in [0.25, 0.3) is 0 Å². The lowest BCUT2D eigenvalue weighted by molar-refractivity contribution is 1.30. The summed E-state index contributed by atoms with van der Waals surface area (Å²) < 4.78 is 0. The molecule has 5 aromatic rings. The summed E-state index contributed by atoms with van der Waals surface area (Å²) in [4.78, 5) is 20.2. The van der Waals surface area contributed by atoms with E-state index in [9.17, 15) is 0 Å². The van der Waals surface area contributed by atoms with Gasteiger partial charge in [0.2, 0.25) is 0 Å². The van der Waals surface area contributed by atoms with Crippen LogP contribution in [0.2, 0.25) is 0 Å². The Morgan fingerprint density at radius 2 is 1.44 bits per heavy atom. The summed E-state index contributed by atoms with van der Waals surface area (Å²) in [5.41, 5.74) is 12.1. The van der Waals surface area contributed by atoms with E-state index in [0.717, 1.165) is 44.8 Å². The van der Waals surface area contributed by atoms with Gasteiger partial charge in [0.15, 0.2) is 0 Å². The van der Waals surface area contributed by atoms with Crippen molar-refractivity contribution in [2.45, 2.75) is 0 Å². The molecule has 25 heavy (non-hydrogen) atoms. The third-order valence-electron chi connectivity index (χ3n) is 4.23. The minimum atomic E-state index is 0.709. The maximum Gasteiger partial charge on any atom is 0.139 e. The maximum atomic E-state index is 5.87. The minimum Gasteiger partial charge on any atom is -0.399 e. The van der Waals surface area contributed by atoms with Crippen LogP contribution in [-0.2, 0) is 0 Å². The Hall–Kier alpha value is -3.67. The molecule has 4 N–H and O–H groups in total. The first-order valence-corrected chi connectivity index (χ1v) is 7.93. The first kappa shape index (κ1) is 13.7. The van der Waals surface area contributed by atoms with Crippen LogP contribution in [0, 0.1) is 0 Å². The van der Waals surface area contributed by atoms with Crippen LogP contribution in [-0.4, -0.2) is 24.9 Å². The lowest BCUT2D eigenvalue weighted by Crippen LogP contribution is -1.88. The van der Waals surface area contributed by atoms with Crippen molar-refractivity contribution in [3.8, 4) is 22.8 Å². The Morgan fingerprint density at radius 3 is 2.16 bits per heavy atom. The van der Waals surface area contributed by atoms with Crippen molar-refractivity contribution in [3.05, 3.63) is 60.9 Å². The first-order valence-electron chi connectivity index (χ1n) is 7.93. The van der Waals surface area contributed by atoms with Gasteiger partial charge in [-0.3, -0.25) is 4.98 Å². The molecule has 0 saturated heterocycles. The molecule has 0 aliphatic rings. The predicted octanol–water partition coefficient (Wildman–Crippen LogP) is 3.75. The fourth-order valence-corrected chi connectivity index (χ4v) is 3.04. The SMILES string of the molecule is Nc1ccc2nc(-c3ccccc3-c3nc4ccncc4[nH]3)[nH]c2c1. The third-order valence-corrected chi connectivity index (χ3v) is 4.23. The highest BCUT2D eigenvalue weighted by Crippen LogP contribution is 2.31. The lowest BCUT2D eigenvalue weighted by Gasteiger charge is -2.04. The lowest BCUT2D eigenvalue weighted by atomic mass is 10.1. The van der Waals surface area contributed by atoms with Crippen molar-refractivity contribution in [3.63, 3.8) is 0 Å². The summed E-state index contributed by atoms with van der Waals surface area (Å²) >= 11 is 0. The standard InChI is InChI=1S/C19H14N6/c20-11-5-6-14-16(9-11)24-18(22-14)12-3-1-2-4-13(12)19-23-15-7-8-21-10-17(15)25-19/h1-10H,20H2,(H,22,24)(H,23,25). The number of benzene rings is 2. The number of imidazole rings is 2. The molecule has 0 fully saturated rings. The molecule has 6 heteroatoms. The molecule has 3 heterocycles. The van der Waals surface area contributed by atoms with Crippen molar-refractivity contribution in [1.29, 1.82) is 0 Å². The molecule has 5 rings (SSSR count). The Labute approximate surface area is 142 Å². The van der Waals surface area contributed by atoms with Crippen LogP contribution >= 0.6 is 0 Å². The fourth-order valence-electron chi connectivity index (χ4n) is 3.04. The van der Waals surface area contributed by atoms with Gasteiger partial charge < -0.3 is 15.7 Å². The Bertz CT molecular complexity index is 1180. The molecule has 0 atom stereocenters. The van der Waals surface area contributed by atoms with Crippen LogP contribution in [0.25, 0.3) is 44.8 Å². The van der Waals surface area contributed by atoms with Gasteiger partial charge in [-0.1, -0.05) is 24.3 Å². The topological polar surface area (TPSA) is 96.3 Å². The summed E-state index contributed by atoms with van der Waals surface area (Å²) in [5, 5.41) is 0. The Morgan fingerprint density at radius 1 is 0.760 bits per heavy atom. The average molecular weight is 326 g/mol. The Balaban J connectivity index is 1.71. The molecule has 120 valence electrons. The number of nitrogen functional groups attached to an aromatic ring is 1. The van der Waals surface area contributed by atoms with Crippen LogP contribution < -0.4 is 5.73 Å². The van der Waals surface area contributed by atoms with Crippen LogP contribution in [0.1, 0.15) is 0 Å². The quantitative estimate of drug-likeness (QED) is 0.430.